The second-order valence-electron chi connectivity index (χ2n) is 12.3. The van der Waals surface area contributed by atoms with Gasteiger partial charge >= 0.3 is 0 Å². The van der Waals surface area contributed by atoms with Gasteiger partial charge in [-0.3, -0.25) is 14.6 Å². The first kappa shape index (κ1) is 29.5. The lowest BCUT2D eigenvalue weighted by Gasteiger charge is -2.35. The van der Waals surface area contributed by atoms with E-state index in [0.29, 0.717) is 31.2 Å². The maximum atomic E-state index is 12.3. The Morgan fingerprint density at radius 3 is 2.30 bits per heavy atom. The maximum absolute atomic E-state index is 12.3. The van der Waals surface area contributed by atoms with Crippen molar-refractivity contribution in [3.8, 4) is 0 Å². The fourth-order valence-electron chi connectivity index (χ4n) is 6.07. The summed E-state index contributed by atoms with van der Waals surface area (Å²) in [5.41, 5.74) is 7.03. The van der Waals surface area contributed by atoms with Crippen LogP contribution in [0.2, 0.25) is 0 Å². The topological polar surface area (TPSA) is 76.5 Å². The highest BCUT2D eigenvalue weighted by Gasteiger charge is 2.35. The van der Waals surface area contributed by atoms with Gasteiger partial charge in [-0.05, 0) is 72.7 Å². The first-order chi connectivity index (χ1) is 19.2. The molecule has 2 aromatic rings. The van der Waals surface area contributed by atoms with E-state index in [-0.39, 0.29) is 6.61 Å². The molecule has 0 spiro atoms. The number of carbonyl (C=O) groups is 1. The molecule has 0 bridgehead atoms. The molecule has 8 heteroatoms. The average Bonchev–Trinajstić information content (AvgIpc) is 3.71. The van der Waals surface area contributed by atoms with Gasteiger partial charge in [-0.15, -0.1) is 10.3 Å². The van der Waals surface area contributed by atoms with Crippen LogP contribution >= 0.6 is 10.3 Å². The number of benzene rings is 2. The van der Waals surface area contributed by atoms with Crippen molar-refractivity contribution < 1.29 is 19.2 Å². The van der Waals surface area contributed by atoms with E-state index in [1.807, 2.05) is 19.2 Å². The molecule has 2 saturated heterocycles. The number of piperazine rings is 1. The molecule has 1 saturated carbocycles. The van der Waals surface area contributed by atoms with Gasteiger partial charge in [0.05, 0.1) is 19.9 Å². The highest BCUT2D eigenvalue weighted by molar-refractivity contribution is 8.28. The lowest BCUT2D eigenvalue weighted by molar-refractivity contribution is -0.134. The molecular formula is C32H47N3O4S. The van der Waals surface area contributed by atoms with E-state index in [1.165, 1.54) is 22.3 Å². The molecule has 2 aliphatic heterocycles. The summed E-state index contributed by atoms with van der Waals surface area (Å²) in [4.78, 5) is 19.2. The maximum Gasteiger partial charge on any atom is 0.225 e. The lowest BCUT2D eigenvalue weighted by Crippen LogP contribution is -2.48. The lowest BCUT2D eigenvalue weighted by atomic mass is 10.0. The van der Waals surface area contributed by atoms with E-state index < -0.39 is 10.3 Å². The third-order valence-electron chi connectivity index (χ3n) is 8.86. The minimum Gasteiger partial charge on any atom is -0.392 e. The molecule has 2 heterocycles. The Balaban J connectivity index is 1.14. The normalized spacial score (nSPS) is 25.4. The number of amides is 1. The SMILES string of the molecule is Cc1cc(CN(COCc2ccc(CN3CCN(C(=O)C4CC4)CC3)cc2C)C2CCS(C)(O)C2)ccc1CO. The van der Waals surface area contributed by atoms with Gasteiger partial charge in [0.25, 0.3) is 0 Å². The van der Waals surface area contributed by atoms with Gasteiger partial charge in [-0.2, -0.15) is 0 Å². The van der Waals surface area contributed by atoms with Crippen LogP contribution in [-0.2, 0) is 35.8 Å². The molecule has 1 aliphatic carbocycles. The Labute approximate surface area is 241 Å². The predicted octanol–water partition coefficient (Wildman–Crippen LogP) is 4.51. The van der Waals surface area contributed by atoms with E-state index in [9.17, 15) is 14.5 Å². The van der Waals surface area contributed by atoms with Gasteiger partial charge in [0.15, 0.2) is 0 Å². The molecule has 40 heavy (non-hydrogen) atoms. The van der Waals surface area contributed by atoms with Gasteiger partial charge in [0, 0.05) is 62.7 Å². The molecular weight excluding hydrogens is 522 g/mol. The van der Waals surface area contributed by atoms with Crippen LogP contribution in [0, 0.1) is 19.8 Å². The molecule has 220 valence electrons. The van der Waals surface area contributed by atoms with Crippen molar-refractivity contribution in [2.45, 2.75) is 65.5 Å². The largest absolute Gasteiger partial charge is 0.392 e. The Kier molecular flexibility index (Phi) is 9.55. The predicted molar refractivity (Wildman–Crippen MR) is 162 cm³/mol. The Morgan fingerprint density at radius 1 is 1.00 bits per heavy atom. The number of aliphatic hydroxyl groups is 1. The van der Waals surface area contributed by atoms with Crippen molar-refractivity contribution in [1.82, 2.24) is 14.7 Å². The zero-order valence-electron chi connectivity index (χ0n) is 24.5. The van der Waals surface area contributed by atoms with Crippen LogP contribution < -0.4 is 0 Å². The van der Waals surface area contributed by atoms with Crippen molar-refractivity contribution in [2.75, 3.05) is 50.7 Å². The molecule has 1 amide bonds. The summed E-state index contributed by atoms with van der Waals surface area (Å²) in [6.45, 7) is 10.6. The van der Waals surface area contributed by atoms with Gasteiger partial charge in [-0.25, -0.2) is 0 Å². The van der Waals surface area contributed by atoms with E-state index in [1.54, 1.807) is 0 Å². The average molecular weight is 570 g/mol. The minimum atomic E-state index is -1.51. The molecule has 2 N–H and O–H groups in total. The first-order valence-electron chi connectivity index (χ1n) is 14.8. The third-order valence-corrected chi connectivity index (χ3v) is 11.1. The van der Waals surface area contributed by atoms with Crippen molar-refractivity contribution in [2.24, 2.45) is 5.92 Å². The van der Waals surface area contributed by atoms with Crippen LogP contribution in [-0.4, -0.2) is 87.0 Å². The fourth-order valence-corrected chi connectivity index (χ4v) is 8.22. The fraction of sp³-hybridized carbons (Fsp3) is 0.594. The number of aryl methyl sites for hydroxylation is 2. The summed E-state index contributed by atoms with van der Waals surface area (Å²) in [7, 11) is -1.51. The van der Waals surface area contributed by atoms with Crippen molar-refractivity contribution in [3.63, 3.8) is 0 Å². The minimum absolute atomic E-state index is 0.0595. The molecule has 3 aliphatic rings. The zero-order valence-corrected chi connectivity index (χ0v) is 25.3. The van der Waals surface area contributed by atoms with Crippen molar-refractivity contribution in [1.29, 1.82) is 0 Å². The molecule has 7 nitrogen and oxygen atoms in total. The Bertz CT molecular complexity index is 1180. The smallest absolute Gasteiger partial charge is 0.225 e. The molecule has 0 radical (unpaired) electrons. The van der Waals surface area contributed by atoms with Gasteiger partial charge in [0.2, 0.25) is 5.91 Å². The highest BCUT2D eigenvalue weighted by atomic mass is 32.3. The first-order valence-corrected chi connectivity index (χ1v) is 17.1. The number of hydrogen-bond donors (Lipinski definition) is 2. The van der Waals surface area contributed by atoms with E-state index in [4.69, 9.17) is 4.74 Å². The quantitative estimate of drug-likeness (QED) is 0.388. The van der Waals surface area contributed by atoms with Crippen LogP contribution in [0.25, 0.3) is 0 Å². The van der Waals surface area contributed by atoms with Crippen molar-refractivity contribution >= 4 is 16.2 Å². The summed E-state index contributed by atoms with van der Waals surface area (Å²) >= 11 is 0. The van der Waals surface area contributed by atoms with Crippen molar-refractivity contribution in [3.05, 3.63) is 69.8 Å². The number of carbonyl (C=O) groups excluding carboxylic acids is 1. The summed E-state index contributed by atoms with van der Waals surface area (Å²) in [6, 6.07) is 13.3. The van der Waals surface area contributed by atoms with Gasteiger partial charge < -0.3 is 19.3 Å². The van der Waals surface area contributed by atoms with E-state index in [0.717, 1.165) is 81.2 Å². The molecule has 2 atom stereocenters. The number of rotatable bonds is 11. The number of aliphatic hydroxyl groups excluding tert-OH is 1. The van der Waals surface area contributed by atoms with Crippen LogP contribution in [0.4, 0.5) is 0 Å². The van der Waals surface area contributed by atoms with Crippen LogP contribution in [0.1, 0.15) is 52.6 Å². The second kappa shape index (κ2) is 12.9. The third kappa shape index (κ3) is 7.66. The van der Waals surface area contributed by atoms with Gasteiger partial charge in [0.1, 0.15) is 0 Å². The van der Waals surface area contributed by atoms with Crippen LogP contribution in [0.3, 0.4) is 0 Å². The van der Waals surface area contributed by atoms with Gasteiger partial charge in [-0.1, -0.05) is 36.4 Å². The summed E-state index contributed by atoms with van der Waals surface area (Å²) in [6.07, 6.45) is 5.17. The summed E-state index contributed by atoms with van der Waals surface area (Å²) in [5, 5.41) is 9.54. The van der Waals surface area contributed by atoms with E-state index >= 15 is 0 Å². The van der Waals surface area contributed by atoms with Crippen LogP contribution in [0.5, 0.6) is 0 Å². The monoisotopic (exact) mass is 569 g/mol. The summed E-state index contributed by atoms with van der Waals surface area (Å²) in [5.74, 6) is 2.41. The standard InChI is InChI=1S/C32H47N3O4S/c1-24-16-27(4-6-29(24)20-36)19-35(31-10-15-40(3,38)22-31)23-39-21-30-7-5-26(17-25(30)2)18-33-11-13-34(14-12-33)32(37)28-8-9-28/h4-7,16-17,28,31,36,38H,8-15,18-23H2,1-3H3. The summed E-state index contributed by atoms with van der Waals surface area (Å²) < 4.78 is 17.0. The molecule has 0 aromatic heterocycles. The Hall–Kier alpha value is -1.94. The van der Waals surface area contributed by atoms with Crippen LogP contribution in [0.15, 0.2) is 36.4 Å². The molecule has 5 rings (SSSR count). The highest BCUT2D eigenvalue weighted by Crippen LogP contribution is 2.47. The molecule has 2 unspecified atom stereocenters. The molecule has 3 fully saturated rings. The second-order valence-corrected chi connectivity index (χ2v) is 15.5. The number of hydrogen-bond acceptors (Lipinski definition) is 6. The zero-order chi connectivity index (χ0) is 28.3. The molecule has 2 aromatic carbocycles. The number of nitrogens with zero attached hydrogens (tertiary/aromatic N) is 3. The number of ether oxygens (including phenoxy) is 1. The van der Waals surface area contributed by atoms with E-state index in [2.05, 4.69) is 52.0 Å². The Morgan fingerprint density at radius 2 is 1.68 bits per heavy atom.